The van der Waals surface area contributed by atoms with Crippen molar-refractivity contribution in [1.82, 2.24) is 0 Å². The Hall–Kier alpha value is -6.87. The molecule has 1 aliphatic heterocycles. The van der Waals surface area contributed by atoms with E-state index >= 15 is 0 Å². The molecule has 1 aliphatic rings. The molecule has 5 heteroatoms. The van der Waals surface area contributed by atoms with Crippen LogP contribution < -0.4 is 25.0 Å². The lowest BCUT2D eigenvalue weighted by Crippen LogP contribution is -2.66. The Bertz CT molecular complexity index is 2730. The molecule has 67 heavy (non-hydrogen) atoms. The lowest BCUT2D eigenvalue weighted by Gasteiger charge is -2.43. The number of benzene rings is 7. The molecule has 0 radical (unpaired) electrons. The third-order valence-electron chi connectivity index (χ3n) is 13.0. The average Bonchev–Trinajstić information content (AvgIpc) is 3.66. The number of methoxy groups -OCH3 is 2. The third-order valence-corrected chi connectivity index (χ3v) is 22.9. The number of ether oxygens (including phenoxy) is 2. The van der Waals surface area contributed by atoms with E-state index in [1.807, 2.05) is 24.3 Å². The molecule has 0 atom stereocenters. The molecule has 0 saturated carbocycles. The minimum absolute atomic E-state index is 0.0655. The number of unbranched alkanes of at least 4 members (excludes halogenated alkanes) is 3. The summed E-state index contributed by atoms with van der Waals surface area (Å²) in [6.45, 7) is 7.77. The largest absolute Gasteiger partial charge is 0.497 e. The Kier molecular flexibility index (Phi) is 15.1. The van der Waals surface area contributed by atoms with Gasteiger partial charge in [-0.15, -0.1) is 0 Å². The van der Waals surface area contributed by atoms with E-state index in [9.17, 15) is 0 Å². The highest BCUT2D eigenvalue weighted by Gasteiger charge is 2.51. The summed E-state index contributed by atoms with van der Waals surface area (Å²) >= 11 is 0. The van der Waals surface area contributed by atoms with Crippen LogP contribution >= 0.6 is 0 Å². The zero-order chi connectivity index (χ0) is 46.5. The molecule has 7 aromatic rings. The van der Waals surface area contributed by atoms with E-state index in [1.165, 1.54) is 37.1 Å². The molecule has 0 aromatic heterocycles. The van der Waals surface area contributed by atoms with Crippen molar-refractivity contribution in [1.29, 1.82) is 0 Å². The molecule has 0 saturated heterocycles. The number of hydrogen-bond acceptors (Lipinski definition) is 3. The fourth-order valence-electron chi connectivity index (χ4n) is 9.78. The molecule has 7 aromatic carbocycles. The number of allylic oxidation sites excluding steroid dienone is 4. The topological polar surface area (TPSA) is 27.7 Å². The highest BCUT2D eigenvalue weighted by Crippen LogP contribution is 2.50. The van der Waals surface area contributed by atoms with E-state index in [2.05, 4.69) is 220 Å². The quantitative estimate of drug-likeness (QED) is 0.0583. The highest BCUT2D eigenvalue weighted by atomic mass is 28.4. The Morgan fingerprint density at radius 3 is 1.22 bits per heavy atom. The Morgan fingerprint density at radius 2 is 0.821 bits per heavy atom. The second kappa shape index (κ2) is 21.6. The van der Waals surface area contributed by atoms with Gasteiger partial charge in [0, 0.05) is 28.1 Å². The molecule has 8 rings (SSSR count). The zero-order valence-electron chi connectivity index (χ0n) is 39.5. The summed E-state index contributed by atoms with van der Waals surface area (Å²) in [6, 6.07) is 72.0. The molecule has 0 aliphatic carbocycles. The van der Waals surface area contributed by atoms with E-state index in [1.54, 1.807) is 14.2 Å². The van der Waals surface area contributed by atoms with Gasteiger partial charge in [0.25, 0.3) is 8.32 Å². The van der Waals surface area contributed by atoms with Crippen molar-refractivity contribution < 1.29 is 13.9 Å². The van der Waals surface area contributed by atoms with Crippen LogP contribution in [0.15, 0.2) is 211 Å². The van der Waals surface area contributed by atoms with Gasteiger partial charge >= 0.3 is 0 Å². The molecule has 0 amide bonds. The fraction of sp³-hybridized carbons (Fsp3) is 0.194. The van der Waals surface area contributed by atoms with Crippen molar-refractivity contribution in [2.75, 3.05) is 20.8 Å². The second-order valence-electron chi connectivity index (χ2n) is 18.1. The first-order valence-electron chi connectivity index (χ1n) is 23.5. The van der Waals surface area contributed by atoms with E-state index in [0.29, 0.717) is 6.61 Å². The van der Waals surface area contributed by atoms with Crippen molar-refractivity contribution in [2.45, 2.75) is 57.5 Å². The van der Waals surface area contributed by atoms with E-state index in [4.69, 9.17) is 13.9 Å². The minimum atomic E-state index is -2.98. The summed E-state index contributed by atoms with van der Waals surface area (Å²) in [5.74, 6) is 16.9. The normalized spacial score (nSPS) is 13.3. The summed E-state index contributed by atoms with van der Waals surface area (Å²) in [5.41, 5.74) is 6.54. The van der Waals surface area contributed by atoms with Crippen LogP contribution in [0.5, 0.6) is 11.5 Å². The first-order valence-corrected chi connectivity index (χ1v) is 27.6. The molecule has 0 unspecified atom stereocenters. The predicted octanol–water partition coefficient (Wildman–Crippen LogP) is 12.6. The summed E-state index contributed by atoms with van der Waals surface area (Å²) in [5, 5.41) is 6.30. The van der Waals surface area contributed by atoms with Gasteiger partial charge in [-0.25, -0.2) is 0 Å². The van der Waals surface area contributed by atoms with Crippen LogP contribution in [-0.2, 0) is 4.43 Å². The van der Waals surface area contributed by atoms with Crippen molar-refractivity contribution in [3.8, 4) is 35.2 Å². The van der Waals surface area contributed by atoms with Crippen LogP contribution in [0.1, 0.15) is 68.7 Å². The lowest BCUT2D eigenvalue weighted by atomic mass is 9.91. The SMILES string of the molecule is COc1ccc(C#CC2=C(c3ccccc3)C(c3ccccc3)=C(C#Cc3ccc(OC)cc3)[Si]2(CCCCCCO[Si](c2ccccc2)(c2ccccc2)C(C)(C)C)c2ccccc2)cc1. The lowest BCUT2D eigenvalue weighted by molar-refractivity contribution is 0.287. The van der Waals surface area contributed by atoms with Gasteiger partial charge in [0.2, 0.25) is 0 Å². The maximum absolute atomic E-state index is 7.35. The second-order valence-corrected chi connectivity index (χ2v) is 26.3. The predicted molar refractivity (Wildman–Crippen MR) is 285 cm³/mol. The van der Waals surface area contributed by atoms with Crippen molar-refractivity contribution in [3.05, 3.63) is 233 Å². The Morgan fingerprint density at radius 1 is 0.433 bits per heavy atom. The maximum Gasteiger partial charge on any atom is 0.261 e. The van der Waals surface area contributed by atoms with Crippen molar-refractivity contribution in [3.63, 3.8) is 0 Å². The third kappa shape index (κ3) is 10.1. The van der Waals surface area contributed by atoms with Gasteiger partial charge in [-0.2, -0.15) is 0 Å². The molecule has 3 nitrogen and oxygen atoms in total. The Balaban J connectivity index is 1.22. The van der Waals surface area contributed by atoms with Gasteiger partial charge in [-0.3, -0.25) is 0 Å². The first kappa shape index (κ1) is 46.7. The average molecular weight is 909 g/mol. The van der Waals surface area contributed by atoms with Crippen molar-refractivity contribution in [2.24, 2.45) is 0 Å². The van der Waals surface area contributed by atoms with Gasteiger partial charge in [0.15, 0.2) is 8.07 Å². The number of hydrogen-bond donors (Lipinski definition) is 0. The van der Waals surface area contributed by atoms with E-state index in [-0.39, 0.29) is 5.04 Å². The van der Waals surface area contributed by atoms with Crippen molar-refractivity contribution >= 4 is 43.1 Å². The van der Waals surface area contributed by atoms with Crippen LogP contribution in [0.3, 0.4) is 0 Å². The fourth-order valence-corrected chi connectivity index (χ4v) is 19.5. The van der Waals surface area contributed by atoms with Crippen LogP contribution in [0, 0.1) is 23.7 Å². The molecule has 0 fully saturated rings. The molecule has 1 heterocycles. The number of rotatable bonds is 15. The van der Waals surface area contributed by atoms with Gasteiger partial charge in [-0.1, -0.05) is 215 Å². The van der Waals surface area contributed by atoms with E-state index < -0.39 is 16.4 Å². The molecule has 0 bridgehead atoms. The minimum Gasteiger partial charge on any atom is -0.497 e. The van der Waals surface area contributed by atoms with Gasteiger partial charge in [0.1, 0.15) is 11.5 Å². The van der Waals surface area contributed by atoms with Crippen LogP contribution in [-0.4, -0.2) is 37.2 Å². The van der Waals surface area contributed by atoms with Gasteiger partial charge < -0.3 is 13.9 Å². The van der Waals surface area contributed by atoms with Gasteiger partial charge in [0.05, 0.1) is 14.2 Å². The molecule has 334 valence electrons. The Labute approximate surface area is 401 Å². The summed E-state index contributed by atoms with van der Waals surface area (Å²) < 4.78 is 18.4. The summed E-state index contributed by atoms with van der Waals surface area (Å²) in [7, 11) is -2.21. The summed E-state index contributed by atoms with van der Waals surface area (Å²) in [6.07, 6.45) is 4.12. The van der Waals surface area contributed by atoms with Crippen LogP contribution in [0.25, 0.3) is 11.1 Å². The molecule has 0 N–H and O–H groups in total. The van der Waals surface area contributed by atoms with Crippen LogP contribution in [0.2, 0.25) is 11.1 Å². The standard InChI is InChI=1S/C62H60O3Si2/c1-62(2,3)67(56-31-19-11-20-32-56,57-33-21-12-22-34-57)65-47-23-6-7-24-48-66(55-29-17-10-18-30-55)58(45-39-49-35-41-53(63-4)42-36-49)60(51-25-13-8-14-26-51)61(52-27-15-9-16-28-52)59(66)46-40-50-37-43-54(64-5)44-38-50/h8-22,25-38,41-44H,6-7,23-24,47-48H2,1-5H3. The summed E-state index contributed by atoms with van der Waals surface area (Å²) in [4.78, 5) is 0. The maximum atomic E-state index is 7.35. The van der Waals surface area contributed by atoms with Crippen LogP contribution in [0.4, 0.5) is 0 Å². The van der Waals surface area contributed by atoms with Gasteiger partial charge in [-0.05, 0) is 104 Å². The molecule has 0 spiro atoms. The molecular formula is C62H60O3Si2. The smallest absolute Gasteiger partial charge is 0.261 e. The molecular weight excluding hydrogens is 849 g/mol. The first-order chi connectivity index (χ1) is 32.8. The van der Waals surface area contributed by atoms with E-state index in [0.717, 1.165) is 65.5 Å². The zero-order valence-corrected chi connectivity index (χ0v) is 41.5. The highest BCUT2D eigenvalue weighted by molar-refractivity contribution is 7.07. The monoisotopic (exact) mass is 908 g/mol.